The molecule has 0 aliphatic carbocycles. The van der Waals surface area contributed by atoms with Crippen LogP contribution in [0.25, 0.3) is 0 Å². The van der Waals surface area contributed by atoms with Gasteiger partial charge in [-0.1, -0.05) is 0 Å². The van der Waals surface area contributed by atoms with E-state index in [1.165, 1.54) is 23.3 Å². The van der Waals surface area contributed by atoms with Gasteiger partial charge >= 0.3 is 0 Å². The van der Waals surface area contributed by atoms with Gasteiger partial charge in [-0.3, -0.25) is 4.68 Å². The highest BCUT2D eigenvalue weighted by molar-refractivity contribution is 7.90. The first-order valence-electron chi connectivity index (χ1n) is 9.91. The molecule has 0 radical (unpaired) electrons. The lowest BCUT2D eigenvalue weighted by Gasteiger charge is -2.23. The van der Waals surface area contributed by atoms with E-state index in [-0.39, 0.29) is 5.75 Å². The average Bonchev–Trinajstić information content (AvgIpc) is 3.29. The molecule has 0 spiro atoms. The van der Waals surface area contributed by atoms with Crippen molar-refractivity contribution in [2.24, 2.45) is 10.9 Å². The fourth-order valence-electron chi connectivity index (χ4n) is 3.44. The second-order valence-corrected chi connectivity index (χ2v) is 10.1. The number of aromatic nitrogens is 2. The molecule has 3 rings (SSSR count). The molecule has 0 amide bonds. The van der Waals surface area contributed by atoms with Crippen LogP contribution in [0.2, 0.25) is 0 Å². The predicted molar refractivity (Wildman–Crippen MR) is 112 cm³/mol. The van der Waals surface area contributed by atoms with Crippen molar-refractivity contribution < 1.29 is 17.2 Å². The molecule has 0 unspecified atom stereocenters. The minimum atomic E-state index is -2.94. The van der Waals surface area contributed by atoms with Crippen LogP contribution in [0.15, 0.2) is 28.8 Å². The van der Waals surface area contributed by atoms with E-state index >= 15 is 0 Å². The summed E-state index contributed by atoms with van der Waals surface area (Å²) in [5.74, 6) is 2.04. The lowest BCUT2D eigenvalue weighted by atomic mass is 10.1. The van der Waals surface area contributed by atoms with Gasteiger partial charge in [-0.05, 0) is 31.4 Å². The lowest BCUT2D eigenvalue weighted by molar-refractivity contribution is 0.122. The first-order chi connectivity index (χ1) is 14.2. The topological polar surface area (TPSA) is 104 Å². The maximum absolute atomic E-state index is 12.5. The van der Waals surface area contributed by atoms with Gasteiger partial charge in [-0.15, -0.1) is 0 Å². The van der Waals surface area contributed by atoms with Crippen LogP contribution in [0, 0.1) is 5.92 Å². The standard InChI is InChI=1S/C18H29F2N7O2S/c1-13-7-22-18(24-15-9-23-27(11-15)12-16(19)20)25-17(13)21-8-14-3-4-26(10-14)5-6-30(2,28)29/h9,11,14,16,21H,3-8,10,12H2,1-2H3,(H2,22,24,25)/t14-/m1/s1. The Hall–Kier alpha value is -2.21. The summed E-state index contributed by atoms with van der Waals surface area (Å²) in [5, 5.41) is 13.6. The number of guanidine groups is 1. The Bertz CT molecular complexity index is 898. The van der Waals surface area contributed by atoms with E-state index in [0.29, 0.717) is 30.7 Å². The zero-order valence-electron chi connectivity index (χ0n) is 17.2. The van der Waals surface area contributed by atoms with E-state index in [0.717, 1.165) is 37.4 Å². The van der Waals surface area contributed by atoms with Crippen molar-refractivity contribution in [2.75, 3.05) is 50.0 Å². The SMILES string of the molecule is CC1=C(NC[C@H]2CCN(CCS(C)(=O)=O)C2)NC(Nc2cnn(CC(F)F)c2)=NC1. The van der Waals surface area contributed by atoms with Crippen LogP contribution in [0.5, 0.6) is 0 Å². The Kier molecular flexibility index (Phi) is 7.29. The van der Waals surface area contributed by atoms with Crippen molar-refractivity contribution in [3.63, 3.8) is 0 Å². The van der Waals surface area contributed by atoms with Gasteiger partial charge in [0, 0.05) is 32.1 Å². The molecular formula is C18H29F2N7O2S. The highest BCUT2D eigenvalue weighted by atomic mass is 32.2. The molecule has 30 heavy (non-hydrogen) atoms. The van der Waals surface area contributed by atoms with Crippen LogP contribution < -0.4 is 16.0 Å². The first kappa shape index (κ1) is 22.5. The Morgan fingerprint density at radius 1 is 1.40 bits per heavy atom. The van der Waals surface area contributed by atoms with Crippen LogP contribution in [0.4, 0.5) is 14.5 Å². The van der Waals surface area contributed by atoms with Gasteiger partial charge in [0.25, 0.3) is 6.43 Å². The lowest BCUT2D eigenvalue weighted by Crippen LogP contribution is -2.41. The fourth-order valence-corrected chi connectivity index (χ4v) is 4.03. The Morgan fingerprint density at radius 3 is 2.93 bits per heavy atom. The summed E-state index contributed by atoms with van der Waals surface area (Å²) in [6, 6.07) is 0. The van der Waals surface area contributed by atoms with Crippen molar-refractivity contribution in [3.05, 3.63) is 23.8 Å². The summed E-state index contributed by atoms with van der Waals surface area (Å²) in [4.78, 5) is 6.60. The number of likely N-dealkylation sites (tertiary alicyclic amines) is 1. The number of rotatable bonds is 9. The summed E-state index contributed by atoms with van der Waals surface area (Å²) < 4.78 is 48.8. The van der Waals surface area contributed by atoms with E-state index in [1.807, 2.05) is 6.92 Å². The third kappa shape index (κ3) is 6.94. The number of halogens is 2. The molecule has 0 saturated carbocycles. The number of alkyl halides is 2. The molecule has 0 aromatic carbocycles. The van der Waals surface area contributed by atoms with Gasteiger partial charge in [0.15, 0.2) is 0 Å². The number of sulfone groups is 1. The number of hydrogen-bond acceptors (Lipinski definition) is 8. The molecular weight excluding hydrogens is 416 g/mol. The van der Waals surface area contributed by atoms with Crippen LogP contribution in [0.3, 0.4) is 0 Å². The summed E-state index contributed by atoms with van der Waals surface area (Å²) in [5.41, 5.74) is 1.65. The highest BCUT2D eigenvalue weighted by Gasteiger charge is 2.24. The van der Waals surface area contributed by atoms with Crippen molar-refractivity contribution in [2.45, 2.75) is 26.3 Å². The van der Waals surface area contributed by atoms with Crippen LogP contribution >= 0.6 is 0 Å². The summed E-state index contributed by atoms with van der Waals surface area (Å²) in [6.07, 6.45) is 2.82. The number of nitrogens with zero attached hydrogens (tertiary/aromatic N) is 4. The second-order valence-electron chi connectivity index (χ2n) is 7.88. The van der Waals surface area contributed by atoms with E-state index < -0.39 is 22.8 Å². The van der Waals surface area contributed by atoms with Crippen molar-refractivity contribution in [1.29, 1.82) is 0 Å². The van der Waals surface area contributed by atoms with E-state index in [9.17, 15) is 17.2 Å². The van der Waals surface area contributed by atoms with Crippen LogP contribution in [-0.2, 0) is 16.4 Å². The molecule has 2 aliphatic rings. The molecule has 3 N–H and O–H groups in total. The third-order valence-electron chi connectivity index (χ3n) is 5.08. The number of aliphatic imine (C=N–C) groups is 1. The molecule has 1 saturated heterocycles. The van der Waals surface area contributed by atoms with Crippen molar-refractivity contribution in [1.82, 2.24) is 25.3 Å². The van der Waals surface area contributed by atoms with Gasteiger partial charge in [-0.2, -0.15) is 5.10 Å². The zero-order valence-corrected chi connectivity index (χ0v) is 18.1. The van der Waals surface area contributed by atoms with E-state index in [4.69, 9.17) is 0 Å². The molecule has 1 atom stereocenters. The molecule has 168 valence electrons. The summed E-state index contributed by atoms with van der Waals surface area (Å²) in [7, 11) is -2.94. The largest absolute Gasteiger partial charge is 0.371 e. The number of nitrogens with one attached hydrogen (secondary N) is 3. The molecule has 12 heteroatoms. The Labute approximate surface area is 175 Å². The molecule has 1 aromatic rings. The smallest absolute Gasteiger partial charge is 0.257 e. The monoisotopic (exact) mass is 445 g/mol. The average molecular weight is 446 g/mol. The molecule has 9 nitrogen and oxygen atoms in total. The maximum Gasteiger partial charge on any atom is 0.257 e. The van der Waals surface area contributed by atoms with Gasteiger partial charge < -0.3 is 20.9 Å². The number of hydrogen-bond donors (Lipinski definition) is 3. The van der Waals surface area contributed by atoms with Gasteiger partial charge in [0.05, 0.1) is 24.2 Å². The quantitative estimate of drug-likeness (QED) is 0.514. The Morgan fingerprint density at radius 2 is 2.20 bits per heavy atom. The van der Waals surface area contributed by atoms with Gasteiger partial charge in [-0.25, -0.2) is 22.2 Å². The molecule has 0 bridgehead atoms. The predicted octanol–water partition coefficient (Wildman–Crippen LogP) is 0.707. The molecule has 3 heterocycles. The van der Waals surface area contributed by atoms with Crippen LogP contribution in [0.1, 0.15) is 13.3 Å². The highest BCUT2D eigenvalue weighted by Crippen LogP contribution is 2.16. The third-order valence-corrected chi connectivity index (χ3v) is 6.01. The Balaban J connectivity index is 1.45. The summed E-state index contributed by atoms with van der Waals surface area (Å²) >= 11 is 0. The minimum absolute atomic E-state index is 0.193. The molecule has 1 aromatic heterocycles. The van der Waals surface area contributed by atoms with E-state index in [1.54, 1.807) is 0 Å². The van der Waals surface area contributed by atoms with Crippen LogP contribution in [-0.4, -0.2) is 80.2 Å². The van der Waals surface area contributed by atoms with Crippen molar-refractivity contribution >= 4 is 21.5 Å². The number of anilines is 1. The second kappa shape index (κ2) is 9.73. The molecule has 1 fully saturated rings. The fraction of sp³-hybridized carbons (Fsp3) is 0.667. The van der Waals surface area contributed by atoms with Crippen molar-refractivity contribution in [3.8, 4) is 0 Å². The maximum atomic E-state index is 12.5. The first-order valence-corrected chi connectivity index (χ1v) is 12.0. The van der Waals surface area contributed by atoms with E-state index in [2.05, 4.69) is 30.9 Å². The summed E-state index contributed by atoms with van der Waals surface area (Å²) in [6.45, 7) is 5.19. The minimum Gasteiger partial charge on any atom is -0.371 e. The molecule has 2 aliphatic heterocycles. The zero-order chi connectivity index (χ0) is 21.7. The van der Waals surface area contributed by atoms with Gasteiger partial charge in [0.1, 0.15) is 22.2 Å². The normalized spacial score (nSPS) is 20.4. The van der Waals surface area contributed by atoms with Gasteiger partial charge in [0.2, 0.25) is 5.96 Å².